The molecule has 1 atom stereocenters. The van der Waals surface area contributed by atoms with Crippen molar-refractivity contribution in [3.8, 4) is 5.75 Å². The van der Waals surface area contributed by atoms with Gasteiger partial charge < -0.3 is 20.5 Å². The van der Waals surface area contributed by atoms with Crippen LogP contribution in [0.25, 0.3) is 0 Å². The Bertz CT molecular complexity index is 458. The molecule has 0 aliphatic rings. The van der Waals surface area contributed by atoms with Gasteiger partial charge in [-0.15, -0.1) is 0 Å². The van der Waals surface area contributed by atoms with E-state index in [2.05, 4.69) is 10.6 Å². The zero-order valence-electron chi connectivity index (χ0n) is 11.7. The largest absolute Gasteiger partial charge is 0.496 e. The molecule has 0 heterocycles. The monoisotopic (exact) mass is 280 g/mol. The number of para-hydroxylation sites is 1. The Kier molecular flexibility index (Phi) is 6.52. The maximum atomic E-state index is 11.6. The lowest BCUT2D eigenvalue weighted by Gasteiger charge is -2.14. The van der Waals surface area contributed by atoms with Gasteiger partial charge in [0.25, 0.3) is 0 Å². The van der Waals surface area contributed by atoms with Crippen molar-refractivity contribution in [2.24, 2.45) is 0 Å². The molecule has 1 unspecified atom stereocenters. The number of rotatable bonds is 6. The van der Waals surface area contributed by atoms with Gasteiger partial charge in [0.15, 0.2) is 0 Å². The van der Waals surface area contributed by atoms with Gasteiger partial charge in [-0.3, -0.25) is 9.59 Å². The van der Waals surface area contributed by atoms with Crippen LogP contribution in [0.2, 0.25) is 0 Å². The molecule has 0 aliphatic carbocycles. The molecule has 0 bridgehead atoms. The third kappa shape index (κ3) is 4.55. The van der Waals surface area contributed by atoms with Crippen LogP contribution in [0, 0.1) is 0 Å². The molecule has 1 aromatic carbocycles. The van der Waals surface area contributed by atoms with Crippen LogP contribution in [0.4, 0.5) is 0 Å². The summed E-state index contributed by atoms with van der Waals surface area (Å²) in [6, 6.07) is 6.83. The Morgan fingerprint density at radius 3 is 2.60 bits per heavy atom. The molecular weight excluding hydrogens is 260 g/mol. The number of aliphatic hydroxyl groups is 1. The highest BCUT2D eigenvalue weighted by atomic mass is 16.5. The van der Waals surface area contributed by atoms with E-state index in [-0.39, 0.29) is 13.2 Å². The van der Waals surface area contributed by atoms with Crippen molar-refractivity contribution in [2.45, 2.75) is 25.9 Å². The first kappa shape index (κ1) is 16.0. The van der Waals surface area contributed by atoms with Gasteiger partial charge in [-0.2, -0.15) is 0 Å². The molecule has 0 saturated carbocycles. The fourth-order valence-corrected chi connectivity index (χ4v) is 1.63. The molecule has 6 heteroatoms. The van der Waals surface area contributed by atoms with E-state index in [1.54, 1.807) is 19.2 Å². The number of carbonyl (C=O) groups excluding carboxylic acids is 2. The molecule has 0 saturated heterocycles. The zero-order valence-corrected chi connectivity index (χ0v) is 11.7. The second-order valence-corrected chi connectivity index (χ2v) is 4.26. The Balaban J connectivity index is 2.52. The van der Waals surface area contributed by atoms with Crippen LogP contribution in [0.1, 0.15) is 18.9 Å². The first-order valence-corrected chi connectivity index (χ1v) is 6.43. The number of hydrogen-bond acceptors (Lipinski definition) is 4. The van der Waals surface area contributed by atoms with Gasteiger partial charge in [-0.1, -0.05) is 25.1 Å². The first-order valence-electron chi connectivity index (χ1n) is 6.43. The summed E-state index contributed by atoms with van der Waals surface area (Å²) in [4.78, 5) is 23.2. The molecule has 20 heavy (non-hydrogen) atoms. The quantitative estimate of drug-likeness (QED) is 0.650. The van der Waals surface area contributed by atoms with E-state index < -0.39 is 17.9 Å². The molecular formula is C14H20N2O4. The lowest BCUT2D eigenvalue weighted by Crippen LogP contribution is -2.45. The van der Waals surface area contributed by atoms with Gasteiger partial charge in [-0.25, -0.2) is 0 Å². The van der Waals surface area contributed by atoms with Crippen molar-refractivity contribution in [3.63, 3.8) is 0 Å². The topological polar surface area (TPSA) is 87.7 Å². The first-order chi connectivity index (χ1) is 9.62. The standard InChI is InChI=1S/C14H20N2O4/c1-3-11(9-17)16-14(19)13(18)15-8-10-6-4-5-7-12(10)20-2/h4-7,11,17H,3,8-9H2,1-2H3,(H,15,18)(H,16,19). The van der Waals surface area contributed by atoms with Gasteiger partial charge in [-0.05, 0) is 12.5 Å². The summed E-state index contributed by atoms with van der Waals surface area (Å²) in [5.74, 6) is -0.835. The van der Waals surface area contributed by atoms with E-state index in [0.717, 1.165) is 5.56 Å². The van der Waals surface area contributed by atoms with Crippen molar-refractivity contribution in [1.82, 2.24) is 10.6 Å². The summed E-state index contributed by atoms with van der Waals surface area (Å²) < 4.78 is 5.15. The number of hydrogen-bond donors (Lipinski definition) is 3. The van der Waals surface area contributed by atoms with Crippen molar-refractivity contribution in [3.05, 3.63) is 29.8 Å². The summed E-state index contributed by atoms with van der Waals surface area (Å²) in [5, 5.41) is 13.9. The van der Waals surface area contributed by atoms with Gasteiger partial charge in [0.1, 0.15) is 5.75 Å². The van der Waals surface area contributed by atoms with Crippen molar-refractivity contribution in [1.29, 1.82) is 0 Å². The minimum atomic E-state index is -0.749. The molecule has 1 aromatic rings. The third-order valence-electron chi connectivity index (χ3n) is 2.89. The van der Waals surface area contributed by atoms with Crippen LogP contribution in [0.15, 0.2) is 24.3 Å². The van der Waals surface area contributed by atoms with Crippen LogP contribution in [0.5, 0.6) is 5.75 Å². The van der Waals surface area contributed by atoms with Crippen LogP contribution >= 0.6 is 0 Å². The summed E-state index contributed by atoms with van der Waals surface area (Å²) in [7, 11) is 1.54. The summed E-state index contributed by atoms with van der Waals surface area (Å²) in [5.41, 5.74) is 0.783. The normalized spacial score (nSPS) is 11.6. The van der Waals surface area contributed by atoms with Crippen LogP contribution in [0.3, 0.4) is 0 Å². The summed E-state index contributed by atoms with van der Waals surface area (Å²) in [6.45, 7) is 1.82. The molecule has 0 spiro atoms. The molecule has 0 aromatic heterocycles. The van der Waals surface area contributed by atoms with E-state index in [9.17, 15) is 9.59 Å². The van der Waals surface area contributed by atoms with E-state index >= 15 is 0 Å². The Morgan fingerprint density at radius 1 is 1.30 bits per heavy atom. The number of aliphatic hydroxyl groups excluding tert-OH is 1. The predicted octanol–water partition coefficient (Wildman–Crippen LogP) is 0.199. The average molecular weight is 280 g/mol. The smallest absolute Gasteiger partial charge is 0.309 e. The van der Waals surface area contributed by atoms with E-state index in [0.29, 0.717) is 12.2 Å². The number of ether oxygens (including phenoxy) is 1. The van der Waals surface area contributed by atoms with Crippen molar-refractivity contribution < 1.29 is 19.4 Å². The third-order valence-corrected chi connectivity index (χ3v) is 2.89. The number of amides is 2. The van der Waals surface area contributed by atoms with E-state index in [1.165, 1.54) is 0 Å². The lowest BCUT2D eigenvalue weighted by atomic mass is 10.2. The van der Waals surface area contributed by atoms with E-state index in [4.69, 9.17) is 9.84 Å². The highest BCUT2D eigenvalue weighted by Gasteiger charge is 2.17. The molecule has 3 N–H and O–H groups in total. The van der Waals surface area contributed by atoms with Crippen molar-refractivity contribution >= 4 is 11.8 Å². The molecule has 0 radical (unpaired) electrons. The van der Waals surface area contributed by atoms with Crippen molar-refractivity contribution in [2.75, 3.05) is 13.7 Å². The number of benzene rings is 1. The molecule has 110 valence electrons. The highest BCUT2D eigenvalue weighted by Crippen LogP contribution is 2.16. The molecule has 1 rings (SSSR count). The van der Waals surface area contributed by atoms with Gasteiger partial charge in [0.2, 0.25) is 0 Å². The second-order valence-electron chi connectivity index (χ2n) is 4.26. The summed E-state index contributed by atoms with van der Waals surface area (Å²) >= 11 is 0. The minimum absolute atomic E-state index is 0.192. The number of nitrogens with one attached hydrogen (secondary N) is 2. The molecule has 0 fully saturated rings. The maximum absolute atomic E-state index is 11.6. The Morgan fingerprint density at radius 2 is 2.00 bits per heavy atom. The fraction of sp³-hybridized carbons (Fsp3) is 0.429. The van der Waals surface area contributed by atoms with Gasteiger partial charge in [0, 0.05) is 12.1 Å². The zero-order chi connectivity index (χ0) is 15.0. The van der Waals surface area contributed by atoms with Gasteiger partial charge in [0.05, 0.1) is 19.8 Å². The summed E-state index contributed by atoms with van der Waals surface area (Å²) in [6.07, 6.45) is 0.558. The lowest BCUT2D eigenvalue weighted by molar-refractivity contribution is -0.139. The van der Waals surface area contributed by atoms with Gasteiger partial charge >= 0.3 is 11.8 Å². The average Bonchev–Trinajstić information content (AvgIpc) is 2.50. The fourth-order valence-electron chi connectivity index (χ4n) is 1.63. The Labute approximate surface area is 118 Å². The molecule has 6 nitrogen and oxygen atoms in total. The SMILES string of the molecule is CCC(CO)NC(=O)C(=O)NCc1ccccc1OC. The predicted molar refractivity (Wildman–Crippen MR) is 74.1 cm³/mol. The van der Waals surface area contributed by atoms with Crippen LogP contribution in [-0.4, -0.2) is 36.7 Å². The highest BCUT2D eigenvalue weighted by molar-refractivity contribution is 6.35. The maximum Gasteiger partial charge on any atom is 0.309 e. The number of carbonyl (C=O) groups is 2. The second kappa shape index (κ2) is 8.16. The van der Waals surface area contributed by atoms with E-state index in [1.807, 2.05) is 19.1 Å². The minimum Gasteiger partial charge on any atom is -0.496 e. The van der Waals surface area contributed by atoms with Crippen LogP contribution in [-0.2, 0) is 16.1 Å². The number of methoxy groups -OCH3 is 1. The molecule has 0 aliphatic heterocycles. The van der Waals surface area contributed by atoms with Crippen LogP contribution < -0.4 is 15.4 Å². The Hall–Kier alpha value is -2.08. The molecule has 2 amide bonds.